The van der Waals surface area contributed by atoms with Gasteiger partial charge in [-0.15, -0.1) is 0 Å². The molecule has 1 rings (SSSR count). The lowest BCUT2D eigenvalue weighted by molar-refractivity contribution is -0.220. The van der Waals surface area contributed by atoms with Crippen LogP contribution in [0.4, 0.5) is 0 Å². The van der Waals surface area contributed by atoms with Crippen molar-refractivity contribution in [3.63, 3.8) is 0 Å². The fraction of sp³-hybridized carbons (Fsp3) is 0.977. The first kappa shape index (κ1) is 54.3. The summed E-state index contributed by atoms with van der Waals surface area (Å²) < 4.78 is 22.9. The van der Waals surface area contributed by atoms with Crippen LogP contribution in [0, 0.1) is 0 Å². The zero-order valence-corrected chi connectivity index (χ0v) is 36.7. The fourth-order valence-corrected chi connectivity index (χ4v) is 8.62. The Morgan fingerprint density at radius 3 is 1.26 bits per heavy atom. The molecule has 1 aliphatic rings. The predicted octanol–water partition coefficient (Wildman–Crippen LogP) is 7.26. The Bertz CT molecular complexity index is 995. The molecule has 0 bridgehead atoms. The minimum absolute atomic E-state index is 0.216. The van der Waals surface area contributed by atoms with Gasteiger partial charge in [0.1, 0.15) is 36.6 Å². The number of hydrogen-bond acceptors (Lipinski definition) is 11. The third kappa shape index (κ3) is 26.3. The largest absolute Gasteiger partial charge is 0.472 e. The Hall–Kier alpha value is -0.700. The Balaban J connectivity index is 2.49. The van der Waals surface area contributed by atoms with E-state index < -0.39 is 75.2 Å². The first-order valence-electron chi connectivity index (χ1n) is 23.1. The van der Waals surface area contributed by atoms with Gasteiger partial charge in [0, 0.05) is 0 Å². The Kier molecular flexibility index (Phi) is 32.4. The minimum Gasteiger partial charge on any atom is -0.393 e. The number of aliphatic hydroxyl groups is 7. The highest BCUT2D eigenvalue weighted by atomic mass is 31.2. The van der Waals surface area contributed by atoms with Gasteiger partial charge < -0.3 is 46.0 Å². The van der Waals surface area contributed by atoms with Gasteiger partial charge in [0.2, 0.25) is 5.91 Å². The second kappa shape index (κ2) is 34.0. The van der Waals surface area contributed by atoms with Gasteiger partial charge in [-0.2, -0.15) is 0 Å². The molecule has 9 N–H and O–H groups in total. The van der Waals surface area contributed by atoms with Gasteiger partial charge in [-0.1, -0.05) is 187 Å². The standard InChI is InChI=1S/C43H86NO12P/c1-3-5-7-9-11-13-15-16-17-18-19-21-22-24-26-28-30-34(45)32-37(47)44-35(36(46)31-29-27-25-23-20-14-12-10-8-6-4-2)33-55-57(53,54)56-43-41(51)39(49)38(48)40(50)42(43)52/h34-36,38-43,45-46,48-52H,3-33H2,1-2H3,(H,44,47)(H,53,54). The molecule has 1 amide bonds. The van der Waals surface area contributed by atoms with E-state index in [2.05, 4.69) is 19.2 Å². The van der Waals surface area contributed by atoms with Crippen molar-refractivity contribution < 1.29 is 59.0 Å². The van der Waals surface area contributed by atoms with Crippen molar-refractivity contribution in [1.82, 2.24) is 5.32 Å². The van der Waals surface area contributed by atoms with Gasteiger partial charge in [-0.05, 0) is 12.8 Å². The van der Waals surface area contributed by atoms with Crippen molar-refractivity contribution in [3.05, 3.63) is 0 Å². The molecule has 8 atom stereocenters. The van der Waals surface area contributed by atoms with Crippen molar-refractivity contribution >= 4 is 13.7 Å². The van der Waals surface area contributed by atoms with Gasteiger partial charge in [-0.25, -0.2) is 4.57 Å². The van der Waals surface area contributed by atoms with Gasteiger partial charge in [0.05, 0.1) is 31.3 Å². The summed E-state index contributed by atoms with van der Waals surface area (Å²) in [5.41, 5.74) is 0. The zero-order chi connectivity index (χ0) is 42.3. The first-order chi connectivity index (χ1) is 27.3. The van der Waals surface area contributed by atoms with Gasteiger partial charge in [-0.3, -0.25) is 13.8 Å². The Morgan fingerprint density at radius 2 is 0.877 bits per heavy atom. The molecule has 0 aliphatic heterocycles. The van der Waals surface area contributed by atoms with Crippen LogP contribution in [-0.2, 0) is 18.4 Å². The van der Waals surface area contributed by atoms with Crippen molar-refractivity contribution in [1.29, 1.82) is 0 Å². The number of nitrogens with one attached hydrogen (secondary N) is 1. The van der Waals surface area contributed by atoms with Crippen LogP contribution in [0.2, 0.25) is 0 Å². The molecule has 8 unspecified atom stereocenters. The molecule has 0 heterocycles. The van der Waals surface area contributed by atoms with Crippen LogP contribution in [0.25, 0.3) is 0 Å². The Morgan fingerprint density at radius 1 is 0.544 bits per heavy atom. The molecule has 0 saturated heterocycles. The van der Waals surface area contributed by atoms with Crippen LogP contribution in [0.15, 0.2) is 0 Å². The number of carbonyl (C=O) groups is 1. The van der Waals surface area contributed by atoms with Crippen molar-refractivity contribution in [3.8, 4) is 0 Å². The van der Waals surface area contributed by atoms with E-state index in [1.54, 1.807) is 0 Å². The predicted molar refractivity (Wildman–Crippen MR) is 224 cm³/mol. The van der Waals surface area contributed by atoms with E-state index in [1.807, 2.05) is 0 Å². The molecule has 0 spiro atoms. The SMILES string of the molecule is CCCCCCCCCCCCCCCCCCC(O)CC(=O)NC(COP(=O)(O)OC1C(O)C(O)C(O)C(O)C1O)C(O)CCCCCCCCCCCCC. The summed E-state index contributed by atoms with van der Waals surface area (Å²) in [5, 5.41) is 74.5. The average molecular weight is 840 g/mol. The third-order valence-electron chi connectivity index (χ3n) is 11.5. The normalized spacial score (nSPS) is 23.9. The van der Waals surface area contributed by atoms with Gasteiger partial charge >= 0.3 is 7.82 Å². The van der Waals surface area contributed by atoms with E-state index >= 15 is 0 Å². The topological polar surface area (TPSA) is 226 Å². The van der Waals surface area contributed by atoms with E-state index in [1.165, 1.54) is 116 Å². The summed E-state index contributed by atoms with van der Waals surface area (Å²) in [6.07, 6.45) is 18.7. The van der Waals surface area contributed by atoms with Crippen LogP contribution in [0.3, 0.4) is 0 Å². The molecule has 13 nitrogen and oxygen atoms in total. The van der Waals surface area contributed by atoms with Crippen molar-refractivity contribution in [2.45, 2.75) is 261 Å². The third-order valence-corrected chi connectivity index (χ3v) is 12.5. The molecule has 0 radical (unpaired) electrons. The highest BCUT2D eigenvalue weighted by Gasteiger charge is 2.51. The molecule has 1 saturated carbocycles. The highest BCUT2D eigenvalue weighted by Crippen LogP contribution is 2.47. The number of aliphatic hydroxyl groups excluding tert-OH is 7. The molecule has 57 heavy (non-hydrogen) atoms. The summed E-state index contributed by atoms with van der Waals surface area (Å²) in [6.45, 7) is 3.77. The molecule has 1 fully saturated rings. The van der Waals surface area contributed by atoms with Gasteiger partial charge in [0.15, 0.2) is 0 Å². The molecular weight excluding hydrogens is 753 g/mol. The number of carbonyl (C=O) groups excluding carboxylic acids is 1. The summed E-state index contributed by atoms with van der Waals surface area (Å²) in [5.74, 6) is -0.558. The van der Waals surface area contributed by atoms with E-state index in [9.17, 15) is 50.0 Å². The van der Waals surface area contributed by atoms with Gasteiger partial charge in [0.25, 0.3) is 0 Å². The lowest BCUT2D eigenvalue weighted by Gasteiger charge is -2.41. The summed E-state index contributed by atoms with van der Waals surface area (Å²) in [7, 11) is -5.11. The molecule has 14 heteroatoms. The number of hydrogen-bond donors (Lipinski definition) is 9. The van der Waals surface area contributed by atoms with Crippen LogP contribution in [0.5, 0.6) is 0 Å². The summed E-state index contributed by atoms with van der Waals surface area (Å²) in [4.78, 5) is 23.4. The number of phosphoric ester groups is 1. The highest BCUT2D eigenvalue weighted by molar-refractivity contribution is 7.47. The molecule has 0 aromatic rings. The Labute approximate surface area is 345 Å². The van der Waals surface area contributed by atoms with Crippen LogP contribution >= 0.6 is 7.82 Å². The first-order valence-corrected chi connectivity index (χ1v) is 24.6. The lowest BCUT2D eigenvalue weighted by Crippen LogP contribution is -2.64. The number of amides is 1. The van der Waals surface area contributed by atoms with Crippen LogP contribution in [0.1, 0.15) is 206 Å². The average Bonchev–Trinajstić information content (AvgIpc) is 3.18. The maximum atomic E-state index is 13.0. The summed E-state index contributed by atoms with van der Waals surface area (Å²) in [6, 6.07) is -1.15. The lowest BCUT2D eigenvalue weighted by atomic mass is 9.85. The maximum Gasteiger partial charge on any atom is 0.472 e. The zero-order valence-electron chi connectivity index (χ0n) is 35.8. The number of rotatable bonds is 38. The second-order valence-corrected chi connectivity index (χ2v) is 18.2. The van der Waals surface area contributed by atoms with Crippen LogP contribution in [-0.4, -0.2) is 108 Å². The number of unbranched alkanes of at least 4 members (excludes halogenated alkanes) is 25. The molecule has 0 aromatic carbocycles. The van der Waals surface area contributed by atoms with Crippen molar-refractivity contribution in [2.24, 2.45) is 0 Å². The minimum atomic E-state index is -5.11. The van der Waals surface area contributed by atoms with Crippen molar-refractivity contribution in [2.75, 3.05) is 6.61 Å². The monoisotopic (exact) mass is 840 g/mol. The van der Waals surface area contributed by atoms with E-state index in [0.717, 1.165) is 51.4 Å². The quantitative estimate of drug-likeness (QED) is 0.0221. The van der Waals surface area contributed by atoms with E-state index in [4.69, 9.17) is 9.05 Å². The van der Waals surface area contributed by atoms with Crippen LogP contribution < -0.4 is 5.32 Å². The smallest absolute Gasteiger partial charge is 0.393 e. The molecule has 340 valence electrons. The van der Waals surface area contributed by atoms with E-state index in [0.29, 0.717) is 12.8 Å². The number of phosphoric acid groups is 1. The molecular formula is C43H86NO12P. The fourth-order valence-electron chi connectivity index (χ4n) is 7.66. The maximum absolute atomic E-state index is 13.0. The molecule has 1 aliphatic carbocycles. The summed E-state index contributed by atoms with van der Waals surface area (Å²) >= 11 is 0. The second-order valence-electron chi connectivity index (χ2n) is 16.8. The molecule has 0 aromatic heterocycles. The van der Waals surface area contributed by atoms with E-state index in [-0.39, 0.29) is 12.8 Å².